The normalized spacial score (nSPS) is 24.8. The van der Waals surface area contributed by atoms with Crippen LogP contribution in [0.1, 0.15) is 31.9 Å². The van der Waals surface area contributed by atoms with Gasteiger partial charge >= 0.3 is 12.1 Å². The Hall–Kier alpha value is -3.24. The molecule has 1 aromatic heterocycles. The maximum Gasteiger partial charge on any atom is 0.415 e. The van der Waals surface area contributed by atoms with Crippen LogP contribution >= 0.6 is 0 Å². The van der Waals surface area contributed by atoms with Crippen molar-refractivity contribution in [2.24, 2.45) is 0 Å². The van der Waals surface area contributed by atoms with E-state index in [4.69, 9.17) is 4.74 Å². The Labute approximate surface area is 175 Å². The fraction of sp³-hybridized carbons (Fsp3) is 0.450. The number of fused-ring (bicyclic) bond motifs is 2. The number of nitrogens with one attached hydrogen (secondary N) is 1. The molecule has 1 saturated carbocycles. The molecule has 164 valence electrons. The van der Waals surface area contributed by atoms with Crippen molar-refractivity contribution in [3.8, 4) is 0 Å². The molecule has 1 N–H and O–H groups in total. The molecule has 0 unspecified atom stereocenters. The summed E-state index contributed by atoms with van der Waals surface area (Å²) in [4.78, 5) is 28.4. The highest BCUT2D eigenvalue weighted by Gasteiger charge is 2.47. The highest BCUT2D eigenvalue weighted by molar-refractivity contribution is 5.92. The van der Waals surface area contributed by atoms with Crippen LogP contribution in [0.2, 0.25) is 0 Å². The number of ether oxygens (including phenoxy) is 1. The molecule has 3 atom stereocenters. The average molecular weight is 435 g/mol. The quantitative estimate of drug-likeness (QED) is 0.731. The summed E-state index contributed by atoms with van der Waals surface area (Å²) < 4.78 is 47.4. The maximum atomic E-state index is 13.5. The number of nitrogens with zero attached hydrogens (tertiary/aromatic N) is 4. The van der Waals surface area contributed by atoms with Gasteiger partial charge in [0.1, 0.15) is 6.10 Å². The molecule has 5 rings (SSSR count). The van der Waals surface area contributed by atoms with Crippen LogP contribution < -0.4 is 10.2 Å². The van der Waals surface area contributed by atoms with Gasteiger partial charge in [0, 0.05) is 17.8 Å². The zero-order chi connectivity index (χ0) is 21.9. The molecule has 3 heterocycles. The van der Waals surface area contributed by atoms with E-state index in [0.717, 1.165) is 31.4 Å². The van der Waals surface area contributed by atoms with Crippen LogP contribution in [0.3, 0.4) is 0 Å². The molecule has 2 aromatic rings. The van der Waals surface area contributed by atoms with E-state index < -0.39 is 29.6 Å². The third-order valence-corrected chi connectivity index (χ3v) is 6.17. The Balaban J connectivity index is 1.39. The van der Waals surface area contributed by atoms with E-state index in [1.54, 1.807) is 15.8 Å². The summed E-state index contributed by atoms with van der Waals surface area (Å²) >= 11 is 0. The van der Waals surface area contributed by atoms with Gasteiger partial charge in [-0.25, -0.2) is 22.8 Å². The summed E-state index contributed by atoms with van der Waals surface area (Å²) in [5, 5.41) is 6.79. The fourth-order valence-electron chi connectivity index (χ4n) is 4.62. The molecule has 2 fully saturated rings. The molecule has 3 amide bonds. The molecular weight excluding hydrogens is 415 g/mol. The van der Waals surface area contributed by atoms with Gasteiger partial charge in [-0.2, -0.15) is 5.10 Å². The molecule has 0 spiro atoms. The molecule has 1 saturated heterocycles. The lowest BCUT2D eigenvalue weighted by molar-refractivity contribution is 0.138. The first-order chi connectivity index (χ1) is 14.8. The molecule has 3 aliphatic rings. The highest BCUT2D eigenvalue weighted by Crippen LogP contribution is 2.39. The summed E-state index contributed by atoms with van der Waals surface area (Å²) in [6.07, 6.45) is 3.69. The van der Waals surface area contributed by atoms with Gasteiger partial charge in [-0.1, -0.05) is 0 Å². The highest BCUT2D eigenvalue weighted by atomic mass is 19.2. The Kier molecular flexibility index (Phi) is 4.56. The van der Waals surface area contributed by atoms with Gasteiger partial charge in [0.25, 0.3) is 0 Å². The Morgan fingerprint density at radius 2 is 1.97 bits per heavy atom. The van der Waals surface area contributed by atoms with Gasteiger partial charge in [-0.05, 0) is 26.2 Å². The summed E-state index contributed by atoms with van der Waals surface area (Å²) in [5.74, 6) is -4.37. The van der Waals surface area contributed by atoms with E-state index in [1.165, 1.54) is 4.90 Å². The number of anilines is 2. The van der Waals surface area contributed by atoms with Gasteiger partial charge in [0.15, 0.2) is 17.5 Å². The van der Waals surface area contributed by atoms with Crippen molar-refractivity contribution < 1.29 is 27.5 Å². The van der Waals surface area contributed by atoms with Gasteiger partial charge in [0.2, 0.25) is 0 Å². The molecule has 11 heteroatoms. The number of hydrogen-bond donors (Lipinski definition) is 1. The third kappa shape index (κ3) is 3.19. The number of amides is 3. The number of carbonyl (C=O) groups excluding carboxylic acids is 2. The van der Waals surface area contributed by atoms with E-state index >= 15 is 0 Å². The molecule has 31 heavy (non-hydrogen) atoms. The van der Waals surface area contributed by atoms with Gasteiger partial charge in [-0.3, -0.25) is 9.58 Å². The zero-order valence-corrected chi connectivity index (χ0v) is 16.6. The maximum absolute atomic E-state index is 13.5. The van der Waals surface area contributed by atoms with Crippen molar-refractivity contribution in [1.82, 2.24) is 14.7 Å². The van der Waals surface area contributed by atoms with Crippen molar-refractivity contribution >= 4 is 23.5 Å². The minimum Gasteiger partial charge on any atom is -0.444 e. The number of halogens is 3. The lowest BCUT2D eigenvalue weighted by Gasteiger charge is -2.35. The second-order valence-corrected chi connectivity index (χ2v) is 8.11. The standard InChI is InChI=1S/C20H20F3N5O3/c1-10-8-27-16(15(7-24-27)28-14-3-2-4-17(14)31-20(28)30)9-26(10)19(29)25-11-5-12(21)18(23)13(22)6-11/h5-7,10,14,17H,2-4,8-9H2,1H3,(H,25,29)/t10-,14+,17-/m0/s1. The zero-order valence-electron chi connectivity index (χ0n) is 16.6. The molecule has 0 radical (unpaired) electrons. The number of rotatable bonds is 2. The third-order valence-electron chi connectivity index (χ3n) is 6.17. The smallest absolute Gasteiger partial charge is 0.415 e. The van der Waals surface area contributed by atoms with Crippen LogP contribution in [0.5, 0.6) is 0 Å². The first kappa shape index (κ1) is 19.7. The van der Waals surface area contributed by atoms with Crippen molar-refractivity contribution in [1.29, 1.82) is 0 Å². The number of benzene rings is 1. The van der Waals surface area contributed by atoms with E-state index in [0.29, 0.717) is 17.9 Å². The summed E-state index contributed by atoms with van der Waals surface area (Å²) in [6.45, 7) is 2.33. The predicted octanol–water partition coefficient (Wildman–Crippen LogP) is 3.61. The number of hydrogen-bond acceptors (Lipinski definition) is 4. The lowest BCUT2D eigenvalue weighted by atomic mass is 10.1. The lowest BCUT2D eigenvalue weighted by Crippen LogP contribution is -2.47. The SMILES string of the molecule is C[C@H]1Cn2ncc(N3C(=O)O[C@H]4CCC[C@H]43)c2CN1C(=O)Nc1cc(F)c(F)c(F)c1. The Bertz CT molecular complexity index is 1050. The minimum atomic E-state index is -1.60. The molecule has 1 aromatic carbocycles. The van der Waals surface area contributed by atoms with Crippen molar-refractivity contribution in [2.75, 3.05) is 10.2 Å². The van der Waals surface area contributed by atoms with E-state index in [1.807, 2.05) is 6.92 Å². The molecule has 0 bridgehead atoms. The van der Waals surface area contributed by atoms with Crippen LogP contribution in [-0.4, -0.2) is 45.0 Å². The van der Waals surface area contributed by atoms with E-state index in [9.17, 15) is 22.8 Å². The Morgan fingerprint density at radius 1 is 1.23 bits per heavy atom. The average Bonchev–Trinajstić information content (AvgIpc) is 3.39. The molecule has 8 nitrogen and oxygen atoms in total. The minimum absolute atomic E-state index is 0.0480. The topological polar surface area (TPSA) is 79.7 Å². The van der Waals surface area contributed by atoms with Crippen LogP contribution in [0.25, 0.3) is 0 Å². The molecule has 1 aliphatic carbocycles. The van der Waals surface area contributed by atoms with Crippen molar-refractivity contribution in [3.63, 3.8) is 0 Å². The van der Waals surface area contributed by atoms with Crippen LogP contribution in [0, 0.1) is 17.5 Å². The van der Waals surface area contributed by atoms with Gasteiger partial charge in [0.05, 0.1) is 42.8 Å². The summed E-state index contributed by atoms with van der Waals surface area (Å²) in [6, 6.07) is 0.523. The summed E-state index contributed by atoms with van der Waals surface area (Å²) in [5.41, 5.74) is 1.09. The first-order valence-electron chi connectivity index (χ1n) is 10.1. The van der Waals surface area contributed by atoms with Gasteiger partial charge < -0.3 is 15.0 Å². The second-order valence-electron chi connectivity index (χ2n) is 8.11. The van der Waals surface area contributed by atoms with Crippen molar-refractivity contribution in [2.45, 2.75) is 57.5 Å². The van der Waals surface area contributed by atoms with Crippen LogP contribution in [0.4, 0.5) is 34.1 Å². The largest absolute Gasteiger partial charge is 0.444 e. The monoisotopic (exact) mass is 435 g/mol. The fourth-order valence-corrected chi connectivity index (χ4v) is 4.62. The predicted molar refractivity (Wildman–Crippen MR) is 103 cm³/mol. The van der Waals surface area contributed by atoms with Crippen LogP contribution in [-0.2, 0) is 17.8 Å². The second kappa shape index (κ2) is 7.17. The van der Waals surface area contributed by atoms with E-state index in [-0.39, 0.29) is 30.4 Å². The van der Waals surface area contributed by atoms with Crippen molar-refractivity contribution in [3.05, 3.63) is 41.5 Å². The summed E-state index contributed by atoms with van der Waals surface area (Å²) in [7, 11) is 0. The number of aromatic nitrogens is 2. The number of carbonyl (C=O) groups is 2. The van der Waals surface area contributed by atoms with Gasteiger partial charge in [-0.15, -0.1) is 0 Å². The number of urea groups is 1. The Morgan fingerprint density at radius 3 is 2.71 bits per heavy atom. The molecule has 2 aliphatic heterocycles. The van der Waals surface area contributed by atoms with E-state index in [2.05, 4.69) is 10.4 Å². The molecular formula is C20H20F3N5O3. The first-order valence-corrected chi connectivity index (χ1v) is 10.1. The van der Waals surface area contributed by atoms with Crippen LogP contribution in [0.15, 0.2) is 18.3 Å².